The molecule has 2 unspecified atom stereocenters. The number of rotatable bonds is 3. The first-order valence-corrected chi connectivity index (χ1v) is 5.59. The average molecular weight is 215 g/mol. The average Bonchev–Trinajstić information content (AvgIpc) is 2.14. The number of aliphatic hydroxyl groups excluding tert-OH is 1. The van der Waals surface area contributed by atoms with Crippen LogP contribution in [-0.2, 0) is 9.53 Å². The Morgan fingerprint density at radius 2 is 1.93 bits per heavy atom. The number of hydrogen-bond donors (Lipinski definition) is 2. The van der Waals surface area contributed by atoms with E-state index in [9.17, 15) is 4.79 Å². The van der Waals surface area contributed by atoms with Gasteiger partial charge in [0.15, 0.2) is 0 Å². The van der Waals surface area contributed by atoms with E-state index in [1.165, 1.54) is 6.42 Å². The molecule has 1 aliphatic carbocycles. The Hall–Kier alpha value is -0.610. The van der Waals surface area contributed by atoms with E-state index in [0.717, 1.165) is 12.8 Å². The largest absolute Gasteiger partial charge is 0.461 e. The minimum Gasteiger partial charge on any atom is -0.461 e. The van der Waals surface area contributed by atoms with Crippen LogP contribution in [0, 0.1) is 11.8 Å². The normalized spacial score (nSPS) is 33.5. The van der Waals surface area contributed by atoms with Crippen LogP contribution in [0.25, 0.3) is 0 Å². The first-order valence-electron chi connectivity index (χ1n) is 5.59. The van der Waals surface area contributed by atoms with E-state index in [4.69, 9.17) is 15.6 Å². The second-order valence-corrected chi connectivity index (χ2v) is 4.77. The van der Waals surface area contributed by atoms with Crippen molar-refractivity contribution in [3.63, 3.8) is 0 Å². The number of carbonyl (C=O) groups is 1. The van der Waals surface area contributed by atoms with E-state index >= 15 is 0 Å². The minimum absolute atomic E-state index is 0.0196. The minimum atomic E-state index is -0.891. The highest BCUT2D eigenvalue weighted by molar-refractivity contribution is 5.75. The Morgan fingerprint density at radius 1 is 1.40 bits per heavy atom. The molecule has 0 aromatic heterocycles. The molecule has 4 heteroatoms. The molecular weight excluding hydrogens is 194 g/mol. The van der Waals surface area contributed by atoms with E-state index in [-0.39, 0.29) is 12.7 Å². The molecule has 15 heavy (non-hydrogen) atoms. The highest BCUT2D eigenvalue weighted by Crippen LogP contribution is 2.30. The molecule has 1 saturated carbocycles. The summed E-state index contributed by atoms with van der Waals surface area (Å²) in [4.78, 5) is 11.3. The van der Waals surface area contributed by atoms with Crippen molar-refractivity contribution in [2.75, 3.05) is 6.61 Å². The number of hydrogen-bond acceptors (Lipinski definition) is 4. The third kappa shape index (κ3) is 3.80. The van der Waals surface area contributed by atoms with Crippen LogP contribution in [0.1, 0.15) is 33.1 Å². The highest BCUT2D eigenvalue weighted by atomic mass is 16.5. The summed E-state index contributed by atoms with van der Waals surface area (Å²) in [6.07, 6.45) is 3.00. The van der Waals surface area contributed by atoms with Crippen molar-refractivity contribution in [1.29, 1.82) is 0 Å². The summed E-state index contributed by atoms with van der Waals surface area (Å²) in [6, 6.07) is -0.891. The maximum atomic E-state index is 11.3. The molecule has 0 radical (unpaired) electrons. The lowest BCUT2D eigenvalue weighted by Crippen LogP contribution is -2.39. The van der Waals surface area contributed by atoms with E-state index in [1.807, 2.05) is 0 Å². The molecule has 1 aliphatic rings. The zero-order valence-corrected chi connectivity index (χ0v) is 9.48. The third-order valence-corrected chi connectivity index (χ3v) is 2.92. The van der Waals surface area contributed by atoms with Crippen LogP contribution in [0.15, 0.2) is 0 Å². The number of aliphatic hydroxyl groups is 1. The van der Waals surface area contributed by atoms with Crippen molar-refractivity contribution < 1.29 is 14.6 Å². The van der Waals surface area contributed by atoms with Crippen LogP contribution in [0.2, 0.25) is 0 Å². The maximum Gasteiger partial charge on any atom is 0.325 e. The van der Waals surface area contributed by atoms with Crippen LogP contribution < -0.4 is 5.73 Å². The smallest absolute Gasteiger partial charge is 0.325 e. The van der Waals surface area contributed by atoms with Gasteiger partial charge in [0.2, 0.25) is 0 Å². The van der Waals surface area contributed by atoms with Gasteiger partial charge in [-0.25, -0.2) is 0 Å². The highest BCUT2D eigenvalue weighted by Gasteiger charge is 2.27. The standard InChI is InChI=1S/C11H21NO3/c1-7-3-8(2)5-9(4-7)15-11(14)10(12)6-13/h7-10,13H,3-6,12H2,1-2H3/t7?,8?,9?,10-/m0/s1. The van der Waals surface area contributed by atoms with Crippen molar-refractivity contribution in [2.24, 2.45) is 17.6 Å². The van der Waals surface area contributed by atoms with Gasteiger partial charge in [0.25, 0.3) is 0 Å². The maximum absolute atomic E-state index is 11.3. The summed E-state index contributed by atoms with van der Waals surface area (Å²) < 4.78 is 5.26. The van der Waals surface area contributed by atoms with Gasteiger partial charge in [-0.1, -0.05) is 13.8 Å². The van der Waals surface area contributed by atoms with E-state index in [2.05, 4.69) is 13.8 Å². The lowest BCUT2D eigenvalue weighted by Gasteiger charge is -2.31. The van der Waals surface area contributed by atoms with Crippen LogP contribution in [-0.4, -0.2) is 29.8 Å². The molecule has 0 aliphatic heterocycles. The number of esters is 1. The first kappa shape index (κ1) is 12.5. The Balaban J connectivity index is 2.40. The number of carbonyl (C=O) groups excluding carboxylic acids is 1. The number of ether oxygens (including phenoxy) is 1. The SMILES string of the molecule is CC1CC(C)CC(OC(=O)[C@@H](N)CO)C1. The zero-order valence-electron chi connectivity index (χ0n) is 9.48. The van der Waals surface area contributed by atoms with Crippen molar-refractivity contribution in [3.8, 4) is 0 Å². The van der Waals surface area contributed by atoms with E-state index < -0.39 is 12.0 Å². The zero-order chi connectivity index (χ0) is 11.4. The molecule has 3 atom stereocenters. The van der Waals surface area contributed by atoms with Crippen molar-refractivity contribution in [2.45, 2.75) is 45.3 Å². The Morgan fingerprint density at radius 3 is 2.40 bits per heavy atom. The summed E-state index contributed by atoms with van der Waals surface area (Å²) in [6.45, 7) is 3.99. The molecule has 0 saturated heterocycles. The third-order valence-electron chi connectivity index (χ3n) is 2.92. The molecular formula is C11H21NO3. The van der Waals surface area contributed by atoms with Crippen molar-refractivity contribution in [1.82, 2.24) is 0 Å². The molecule has 0 heterocycles. The van der Waals surface area contributed by atoms with E-state index in [1.54, 1.807) is 0 Å². The lowest BCUT2D eigenvalue weighted by molar-refractivity contribution is -0.154. The number of nitrogens with two attached hydrogens (primary N) is 1. The second-order valence-electron chi connectivity index (χ2n) is 4.77. The molecule has 88 valence electrons. The molecule has 0 amide bonds. The van der Waals surface area contributed by atoms with Gasteiger partial charge in [0, 0.05) is 0 Å². The molecule has 3 N–H and O–H groups in total. The fourth-order valence-corrected chi connectivity index (χ4v) is 2.30. The van der Waals surface area contributed by atoms with Gasteiger partial charge in [0.1, 0.15) is 12.1 Å². The van der Waals surface area contributed by atoms with Crippen LogP contribution >= 0.6 is 0 Å². The van der Waals surface area contributed by atoms with Crippen LogP contribution in [0.4, 0.5) is 0 Å². The predicted molar refractivity (Wildman–Crippen MR) is 57.1 cm³/mol. The summed E-state index contributed by atoms with van der Waals surface area (Å²) in [5.74, 6) is 0.706. The second kappa shape index (κ2) is 5.47. The summed E-state index contributed by atoms with van der Waals surface area (Å²) in [5.41, 5.74) is 5.38. The molecule has 0 aromatic rings. The topological polar surface area (TPSA) is 72.5 Å². The van der Waals surface area contributed by atoms with Gasteiger partial charge in [0.05, 0.1) is 6.61 Å². The first-order chi connectivity index (χ1) is 7.02. The van der Waals surface area contributed by atoms with Gasteiger partial charge in [-0.15, -0.1) is 0 Å². The van der Waals surface area contributed by atoms with Gasteiger partial charge < -0.3 is 15.6 Å². The van der Waals surface area contributed by atoms with Crippen molar-refractivity contribution >= 4 is 5.97 Å². The van der Waals surface area contributed by atoms with Gasteiger partial charge in [-0.05, 0) is 31.1 Å². The summed E-state index contributed by atoms with van der Waals surface area (Å²) in [7, 11) is 0. The van der Waals surface area contributed by atoms with E-state index in [0.29, 0.717) is 11.8 Å². The molecule has 1 rings (SSSR count). The van der Waals surface area contributed by atoms with Gasteiger partial charge in [-0.2, -0.15) is 0 Å². The fraction of sp³-hybridized carbons (Fsp3) is 0.909. The van der Waals surface area contributed by atoms with Crippen molar-refractivity contribution in [3.05, 3.63) is 0 Å². The Bertz CT molecular complexity index is 210. The Kier molecular flexibility index (Phi) is 4.54. The lowest BCUT2D eigenvalue weighted by atomic mass is 9.82. The summed E-state index contributed by atoms with van der Waals surface area (Å²) >= 11 is 0. The predicted octanol–water partition coefficient (Wildman–Crippen LogP) is 0.674. The molecule has 4 nitrogen and oxygen atoms in total. The summed E-state index contributed by atoms with van der Waals surface area (Å²) in [5, 5.41) is 8.71. The molecule has 1 fully saturated rings. The molecule has 0 aromatic carbocycles. The van der Waals surface area contributed by atoms with Gasteiger partial charge >= 0.3 is 5.97 Å². The molecule has 0 bridgehead atoms. The monoisotopic (exact) mass is 215 g/mol. The fourth-order valence-electron chi connectivity index (χ4n) is 2.30. The van der Waals surface area contributed by atoms with Crippen LogP contribution in [0.3, 0.4) is 0 Å². The van der Waals surface area contributed by atoms with Crippen LogP contribution in [0.5, 0.6) is 0 Å². The molecule has 0 spiro atoms. The quantitative estimate of drug-likeness (QED) is 0.679. The van der Waals surface area contributed by atoms with Gasteiger partial charge in [-0.3, -0.25) is 4.79 Å². The Labute approximate surface area is 90.8 Å².